The largest absolute Gasteiger partial charge is 0.253 e. The fraction of sp³-hybridized carbons (Fsp3) is 0.111. The zero-order valence-electron chi connectivity index (χ0n) is 12.9. The molecule has 0 saturated carbocycles. The van der Waals surface area contributed by atoms with E-state index < -0.39 is 0 Å². The number of hydrogen-bond acceptors (Lipinski definition) is 4. The number of aromatic nitrogens is 5. The highest BCUT2D eigenvalue weighted by molar-refractivity contribution is 5.80. The average molecular weight is 301 g/mol. The topological polar surface area (TPSA) is 56.0 Å². The first-order valence-corrected chi connectivity index (χ1v) is 7.44. The van der Waals surface area contributed by atoms with Crippen molar-refractivity contribution in [2.45, 2.75) is 13.8 Å². The second kappa shape index (κ2) is 5.28. The van der Waals surface area contributed by atoms with Crippen molar-refractivity contribution in [3.8, 4) is 0 Å². The Labute approximate surface area is 133 Å². The second-order valence-electron chi connectivity index (χ2n) is 5.48. The standard InChI is InChI=1S/C18H15N5/c1-12-11-13(2)23-18(19-12)21-17(22-23)10-9-15-8-7-14-5-3-4-6-16(14)20-15/h3-11H,1-2H3/b10-9+. The Morgan fingerprint density at radius 3 is 2.70 bits per heavy atom. The van der Waals surface area contributed by atoms with E-state index in [1.54, 1.807) is 4.52 Å². The maximum atomic E-state index is 4.61. The van der Waals surface area contributed by atoms with Gasteiger partial charge in [-0.3, -0.25) is 0 Å². The van der Waals surface area contributed by atoms with Crippen LogP contribution in [0, 0.1) is 13.8 Å². The number of hydrogen-bond donors (Lipinski definition) is 0. The molecule has 0 saturated heterocycles. The van der Waals surface area contributed by atoms with Crippen LogP contribution in [0.15, 0.2) is 42.5 Å². The van der Waals surface area contributed by atoms with Crippen LogP contribution in [-0.2, 0) is 0 Å². The summed E-state index contributed by atoms with van der Waals surface area (Å²) in [6.07, 6.45) is 3.78. The van der Waals surface area contributed by atoms with Gasteiger partial charge in [-0.2, -0.15) is 4.98 Å². The SMILES string of the molecule is Cc1cc(C)n2nc(/C=C/c3ccc4ccccc4n3)nc2n1. The molecule has 1 aromatic carbocycles. The van der Waals surface area contributed by atoms with Crippen LogP contribution in [-0.4, -0.2) is 24.6 Å². The Morgan fingerprint density at radius 1 is 0.913 bits per heavy atom. The minimum Gasteiger partial charge on any atom is -0.248 e. The lowest BCUT2D eigenvalue weighted by atomic mass is 10.2. The van der Waals surface area contributed by atoms with Crippen LogP contribution < -0.4 is 0 Å². The predicted octanol–water partition coefficient (Wildman–Crippen LogP) is 3.46. The summed E-state index contributed by atoms with van der Waals surface area (Å²) in [5, 5.41) is 5.59. The number of fused-ring (bicyclic) bond motifs is 2. The molecule has 4 aromatic rings. The molecule has 0 bridgehead atoms. The number of rotatable bonds is 2. The van der Waals surface area contributed by atoms with E-state index in [9.17, 15) is 0 Å². The number of benzene rings is 1. The van der Waals surface area contributed by atoms with Crippen molar-refractivity contribution in [2.75, 3.05) is 0 Å². The van der Waals surface area contributed by atoms with E-state index in [4.69, 9.17) is 0 Å². The Kier molecular flexibility index (Phi) is 3.12. The van der Waals surface area contributed by atoms with E-state index in [1.165, 1.54) is 0 Å². The molecule has 3 heterocycles. The summed E-state index contributed by atoms with van der Waals surface area (Å²) in [6, 6.07) is 14.1. The number of aryl methyl sites for hydroxylation is 2. The van der Waals surface area contributed by atoms with Crippen molar-refractivity contribution in [2.24, 2.45) is 0 Å². The second-order valence-corrected chi connectivity index (χ2v) is 5.48. The van der Waals surface area contributed by atoms with Crippen molar-refractivity contribution in [1.29, 1.82) is 0 Å². The lowest BCUT2D eigenvalue weighted by Gasteiger charge is -1.97. The van der Waals surface area contributed by atoms with Crippen LogP contribution in [0.25, 0.3) is 28.8 Å². The third-order valence-electron chi connectivity index (χ3n) is 3.66. The minimum atomic E-state index is 0.619. The highest BCUT2D eigenvalue weighted by atomic mass is 15.3. The van der Waals surface area contributed by atoms with Gasteiger partial charge in [0, 0.05) is 16.8 Å². The van der Waals surface area contributed by atoms with Crippen LogP contribution in [0.2, 0.25) is 0 Å². The summed E-state index contributed by atoms with van der Waals surface area (Å²) in [5.74, 6) is 1.25. The van der Waals surface area contributed by atoms with E-state index in [0.717, 1.165) is 28.0 Å². The lowest BCUT2D eigenvalue weighted by molar-refractivity contribution is 0.881. The quantitative estimate of drug-likeness (QED) is 0.569. The number of nitrogens with zero attached hydrogens (tertiary/aromatic N) is 5. The van der Waals surface area contributed by atoms with Gasteiger partial charge in [0.2, 0.25) is 0 Å². The molecule has 23 heavy (non-hydrogen) atoms. The highest BCUT2D eigenvalue weighted by Crippen LogP contribution is 2.13. The first-order valence-electron chi connectivity index (χ1n) is 7.44. The molecule has 0 aliphatic heterocycles. The zero-order valence-corrected chi connectivity index (χ0v) is 12.9. The molecule has 5 nitrogen and oxygen atoms in total. The minimum absolute atomic E-state index is 0.619. The molecule has 0 atom stereocenters. The van der Waals surface area contributed by atoms with Gasteiger partial charge in [0.1, 0.15) is 0 Å². The normalized spacial score (nSPS) is 11.7. The van der Waals surface area contributed by atoms with Crippen LogP contribution in [0.4, 0.5) is 0 Å². The smallest absolute Gasteiger partial charge is 0.248 e. The Balaban J connectivity index is 1.70. The summed E-state index contributed by atoms with van der Waals surface area (Å²) in [6.45, 7) is 3.95. The fourth-order valence-corrected chi connectivity index (χ4v) is 2.59. The monoisotopic (exact) mass is 301 g/mol. The van der Waals surface area contributed by atoms with Crippen molar-refractivity contribution in [3.05, 3.63) is 65.4 Å². The summed E-state index contributed by atoms with van der Waals surface area (Å²) in [4.78, 5) is 13.4. The van der Waals surface area contributed by atoms with Gasteiger partial charge in [-0.15, -0.1) is 5.10 Å². The molecule has 4 rings (SSSR count). The fourth-order valence-electron chi connectivity index (χ4n) is 2.59. The van der Waals surface area contributed by atoms with Crippen molar-refractivity contribution in [3.63, 3.8) is 0 Å². The zero-order chi connectivity index (χ0) is 15.8. The van der Waals surface area contributed by atoms with E-state index >= 15 is 0 Å². The summed E-state index contributed by atoms with van der Waals surface area (Å²) in [7, 11) is 0. The van der Waals surface area contributed by atoms with Gasteiger partial charge in [0.05, 0.1) is 11.2 Å². The molecule has 0 spiro atoms. The van der Waals surface area contributed by atoms with Crippen LogP contribution in [0.5, 0.6) is 0 Å². The van der Waals surface area contributed by atoms with E-state index in [0.29, 0.717) is 11.6 Å². The van der Waals surface area contributed by atoms with Gasteiger partial charge in [0.15, 0.2) is 5.82 Å². The molecule has 0 radical (unpaired) electrons. The summed E-state index contributed by atoms with van der Waals surface area (Å²) >= 11 is 0. The molecule has 3 aromatic heterocycles. The van der Waals surface area contributed by atoms with Crippen molar-refractivity contribution in [1.82, 2.24) is 24.6 Å². The Hall–Kier alpha value is -3.08. The van der Waals surface area contributed by atoms with E-state index in [-0.39, 0.29) is 0 Å². The maximum absolute atomic E-state index is 4.61. The molecule has 0 aliphatic carbocycles. The summed E-state index contributed by atoms with van der Waals surface area (Å²) in [5.41, 5.74) is 3.81. The van der Waals surface area contributed by atoms with Gasteiger partial charge in [0.25, 0.3) is 5.78 Å². The molecule has 0 amide bonds. The molecule has 112 valence electrons. The lowest BCUT2D eigenvalue weighted by Crippen LogP contribution is -1.97. The molecule has 5 heteroatoms. The predicted molar refractivity (Wildman–Crippen MR) is 90.9 cm³/mol. The summed E-state index contributed by atoms with van der Waals surface area (Å²) < 4.78 is 1.75. The Morgan fingerprint density at radius 2 is 1.78 bits per heavy atom. The molecule has 0 aliphatic rings. The van der Waals surface area contributed by atoms with E-state index in [2.05, 4.69) is 32.2 Å². The van der Waals surface area contributed by atoms with E-state index in [1.807, 2.05) is 56.3 Å². The van der Waals surface area contributed by atoms with Gasteiger partial charge in [-0.25, -0.2) is 14.5 Å². The molecule has 0 fully saturated rings. The third-order valence-corrected chi connectivity index (χ3v) is 3.66. The first kappa shape index (κ1) is 13.6. The Bertz CT molecular complexity index is 1050. The molecule has 0 unspecified atom stereocenters. The van der Waals surface area contributed by atoms with Crippen molar-refractivity contribution < 1.29 is 0 Å². The van der Waals surface area contributed by atoms with Crippen LogP contribution in [0.3, 0.4) is 0 Å². The molecular weight excluding hydrogens is 286 g/mol. The third kappa shape index (κ3) is 2.57. The number of pyridine rings is 1. The van der Waals surface area contributed by atoms with Crippen molar-refractivity contribution >= 4 is 28.8 Å². The first-order chi connectivity index (χ1) is 11.2. The number of para-hydroxylation sites is 1. The van der Waals surface area contributed by atoms with Crippen LogP contribution in [0.1, 0.15) is 22.9 Å². The van der Waals surface area contributed by atoms with Gasteiger partial charge >= 0.3 is 0 Å². The molecule has 0 N–H and O–H groups in total. The molecular formula is C18H15N5. The average Bonchev–Trinajstić information content (AvgIpc) is 2.96. The van der Waals surface area contributed by atoms with Crippen LogP contribution >= 0.6 is 0 Å². The highest BCUT2D eigenvalue weighted by Gasteiger charge is 2.05. The maximum Gasteiger partial charge on any atom is 0.253 e. The van der Waals surface area contributed by atoms with Gasteiger partial charge in [-0.05, 0) is 44.2 Å². The van der Waals surface area contributed by atoms with Gasteiger partial charge < -0.3 is 0 Å². The van der Waals surface area contributed by atoms with Gasteiger partial charge in [-0.1, -0.05) is 24.3 Å².